The van der Waals surface area contributed by atoms with Crippen molar-refractivity contribution in [3.8, 4) is 0 Å². The number of fused-ring (bicyclic) bond motifs is 1. The Kier molecular flexibility index (Phi) is 5.39. The molecule has 6 nitrogen and oxygen atoms in total. The first-order valence-electron chi connectivity index (χ1n) is 8.63. The van der Waals surface area contributed by atoms with Gasteiger partial charge in [-0.05, 0) is 49.9 Å². The van der Waals surface area contributed by atoms with Gasteiger partial charge >= 0.3 is 5.97 Å². The largest absolute Gasteiger partial charge is 0.462 e. The molecule has 8 heteroatoms. The molecule has 0 saturated carbocycles. The Bertz CT molecular complexity index is 1020. The lowest BCUT2D eigenvalue weighted by Gasteiger charge is -2.13. The number of carbonyl (C=O) groups is 2. The van der Waals surface area contributed by atoms with Gasteiger partial charge in [-0.15, -0.1) is 11.3 Å². The lowest BCUT2D eigenvalue weighted by atomic mass is 10.0. The van der Waals surface area contributed by atoms with E-state index in [0.717, 1.165) is 22.5 Å². The summed E-state index contributed by atoms with van der Waals surface area (Å²) in [5, 5.41) is 3.15. The van der Waals surface area contributed by atoms with Gasteiger partial charge in [-0.1, -0.05) is 12.1 Å². The van der Waals surface area contributed by atoms with Crippen LogP contribution in [0.25, 0.3) is 0 Å². The van der Waals surface area contributed by atoms with E-state index in [1.807, 2.05) is 19.9 Å². The van der Waals surface area contributed by atoms with E-state index in [-0.39, 0.29) is 36.0 Å². The number of amides is 1. The molecular weight excluding hydrogens is 386 g/mol. The molecule has 0 radical (unpaired) electrons. The molecule has 27 heavy (non-hydrogen) atoms. The molecule has 2 aromatic rings. The van der Waals surface area contributed by atoms with Crippen molar-refractivity contribution in [3.05, 3.63) is 50.9 Å². The average molecular weight is 408 g/mol. The number of hydrogen-bond acceptors (Lipinski definition) is 6. The van der Waals surface area contributed by atoms with Crippen molar-refractivity contribution in [1.29, 1.82) is 0 Å². The molecule has 1 aromatic carbocycles. The number of thiophene rings is 1. The van der Waals surface area contributed by atoms with Gasteiger partial charge in [-0.25, -0.2) is 13.2 Å². The van der Waals surface area contributed by atoms with Crippen LogP contribution in [0, 0.1) is 13.8 Å². The number of sulfone groups is 1. The van der Waals surface area contributed by atoms with E-state index in [4.69, 9.17) is 4.74 Å². The van der Waals surface area contributed by atoms with E-state index in [2.05, 4.69) is 5.32 Å². The van der Waals surface area contributed by atoms with Gasteiger partial charge in [0.15, 0.2) is 9.84 Å². The summed E-state index contributed by atoms with van der Waals surface area (Å²) in [7, 11) is -3.18. The maximum absolute atomic E-state index is 12.8. The Morgan fingerprint density at radius 3 is 2.70 bits per heavy atom. The van der Waals surface area contributed by atoms with Gasteiger partial charge in [-0.3, -0.25) is 4.79 Å². The number of hydrogen-bond donors (Lipinski definition) is 1. The Labute approximate surface area is 162 Å². The van der Waals surface area contributed by atoms with Crippen LogP contribution in [-0.2, 0) is 26.7 Å². The van der Waals surface area contributed by atoms with Crippen LogP contribution in [0.3, 0.4) is 0 Å². The van der Waals surface area contributed by atoms with Crippen molar-refractivity contribution in [2.24, 2.45) is 0 Å². The molecule has 0 aliphatic carbocycles. The molecule has 0 spiro atoms. The zero-order chi connectivity index (χ0) is 19.8. The second-order valence-corrected chi connectivity index (χ2v) is 9.76. The molecule has 0 saturated heterocycles. The van der Waals surface area contributed by atoms with Crippen LogP contribution in [0.4, 0.5) is 5.00 Å². The Morgan fingerprint density at radius 2 is 2.00 bits per heavy atom. The lowest BCUT2D eigenvalue weighted by molar-refractivity contribution is 0.0527. The molecule has 1 aliphatic heterocycles. The molecule has 0 atom stereocenters. The zero-order valence-electron chi connectivity index (χ0n) is 15.4. The summed E-state index contributed by atoms with van der Waals surface area (Å²) in [6.07, 6.45) is 0.252. The van der Waals surface area contributed by atoms with Crippen LogP contribution < -0.4 is 5.32 Å². The molecular formula is C19H21NO5S2. The minimum Gasteiger partial charge on any atom is -0.462 e. The fourth-order valence-electron chi connectivity index (χ4n) is 3.10. The SMILES string of the molecule is CCOC(=O)c1c(NC(=O)c2cccc(C)c2C)sc2c1CCS(=O)(=O)C2. The number of aryl methyl sites for hydroxylation is 1. The molecule has 144 valence electrons. The zero-order valence-corrected chi connectivity index (χ0v) is 17.1. The molecule has 3 rings (SSSR count). The van der Waals surface area contributed by atoms with Crippen LogP contribution in [0.2, 0.25) is 0 Å². The summed E-state index contributed by atoms with van der Waals surface area (Å²) in [5.74, 6) is -0.986. The number of anilines is 1. The molecule has 2 heterocycles. The van der Waals surface area contributed by atoms with Crippen LogP contribution in [0.15, 0.2) is 18.2 Å². The second kappa shape index (κ2) is 7.44. The fourth-order valence-corrected chi connectivity index (χ4v) is 6.13. The van der Waals surface area contributed by atoms with Crippen LogP contribution >= 0.6 is 11.3 Å². The van der Waals surface area contributed by atoms with E-state index in [1.54, 1.807) is 19.1 Å². The van der Waals surface area contributed by atoms with E-state index >= 15 is 0 Å². The standard InChI is InChI=1S/C19H21NO5S2/c1-4-25-19(22)16-14-8-9-27(23,24)10-15(14)26-18(16)20-17(21)13-7-5-6-11(2)12(13)3/h5-7H,4,8-10H2,1-3H3,(H,20,21). The van der Waals surface area contributed by atoms with Gasteiger partial charge in [0.25, 0.3) is 5.91 Å². The molecule has 1 aromatic heterocycles. The average Bonchev–Trinajstić information content (AvgIpc) is 2.93. The summed E-state index contributed by atoms with van der Waals surface area (Å²) in [5.41, 5.74) is 3.32. The fraction of sp³-hybridized carbons (Fsp3) is 0.368. The highest BCUT2D eigenvalue weighted by molar-refractivity contribution is 7.90. The van der Waals surface area contributed by atoms with Gasteiger partial charge in [0.05, 0.1) is 23.7 Å². The summed E-state index contributed by atoms with van der Waals surface area (Å²) in [6, 6.07) is 5.44. The number of nitrogens with one attached hydrogen (secondary N) is 1. The predicted octanol–water partition coefficient (Wildman–Crippen LogP) is 3.26. The predicted molar refractivity (Wildman–Crippen MR) is 105 cm³/mol. The minimum atomic E-state index is -3.18. The number of ether oxygens (including phenoxy) is 1. The van der Waals surface area contributed by atoms with Crippen LogP contribution in [0.5, 0.6) is 0 Å². The smallest absolute Gasteiger partial charge is 0.341 e. The Balaban J connectivity index is 2.02. The summed E-state index contributed by atoms with van der Waals surface area (Å²) in [6.45, 7) is 5.69. The highest BCUT2D eigenvalue weighted by Gasteiger charge is 2.32. The third-order valence-corrected chi connectivity index (χ3v) is 7.55. The van der Waals surface area contributed by atoms with E-state index in [9.17, 15) is 18.0 Å². The van der Waals surface area contributed by atoms with Crippen molar-refractivity contribution in [3.63, 3.8) is 0 Å². The number of rotatable bonds is 4. The van der Waals surface area contributed by atoms with Gasteiger partial charge in [-0.2, -0.15) is 0 Å². The highest BCUT2D eigenvalue weighted by Crippen LogP contribution is 2.38. The lowest BCUT2D eigenvalue weighted by Crippen LogP contribution is -2.20. The topological polar surface area (TPSA) is 89.5 Å². The van der Waals surface area contributed by atoms with Crippen LogP contribution in [-0.4, -0.2) is 32.7 Å². The first-order valence-corrected chi connectivity index (χ1v) is 11.3. The van der Waals surface area contributed by atoms with Crippen molar-refractivity contribution < 1.29 is 22.7 Å². The van der Waals surface area contributed by atoms with Gasteiger partial charge in [0.1, 0.15) is 5.00 Å². The van der Waals surface area contributed by atoms with Gasteiger partial charge < -0.3 is 10.1 Å². The Hall–Kier alpha value is -2.19. The molecule has 1 amide bonds. The van der Waals surface area contributed by atoms with Gasteiger partial charge in [0.2, 0.25) is 0 Å². The Morgan fingerprint density at radius 1 is 1.26 bits per heavy atom. The van der Waals surface area contributed by atoms with E-state index < -0.39 is 15.8 Å². The molecule has 1 N–H and O–H groups in total. The second-order valence-electron chi connectivity index (χ2n) is 6.47. The first kappa shape index (κ1) is 19.6. The maximum Gasteiger partial charge on any atom is 0.341 e. The molecule has 1 aliphatic rings. The highest BCUT2D eigenvalue weighted by atomic mass is 32.2. The quantitative estimate of drug-likeness (QED) is 0.786. The molecule has 0 fully saturated rings. The van der Waals surface area contributed by atoms with Crippen LogP contribution in [0.1, 0.15) is 49.2 Å². The summed E-state index contributed by atoms with van der Waals surface area (Å²) < 4.78 is 29.1. The molecule has 0 unspecified atom stereocenters. The summed E-state index contributed by atoms with van der Waals surface area (Å²) >= 11 is 1.14. The van der Waals surface area contributed by atoms with Crippen molar-refractivity contribution in [2.45, 2.75) is 32.9 Å². The minimum absolute atomic E-state index is 0.00644. The number of esters is 1. The number of benzene rings is 1. The molecule has 0 bridgehead atoms. The third-order valence-electron chi connectivity index (χ3n) is 4.66. The van der Waals surface area contributed by atoms with Crippen molar-refractivity contribution >= 4 is 38.1 Å². The van der Waals surface area contributed by atoms with E-state index in [0.29, 0.717) is 21.0 Å². The summed E-state index contributed by atoms with van der Waals surface area (Å²) in [4.78, 5) is 25.9. The normalized spacial score (nSPS) is 15.1. The first-order chi connectivity index (χ1) is 12.7. The maximum atomic E-state index is 12.8. The van der Waals surface area contributed by atoms with Gasteiger partial charge in [0, 0.05) is 10.4 Å². The van der Waals surface area contributed by atoms with Crippen molar-refractivity contribution in [2.75, 3.05) is 17.7 Å². The third kappa shape index (κ3) is 3.91. The monoisotopic (exact) mass is 407 g/mol. The number of carbonyl (C=O) groups excluding carboxylic acids is 2. The van der Waals surface area contributed by atoms with Crippen molar-refractivity contribution in [1.82, 2.24) is 0 Å². The van der Waals surface area contributed by atoms with E-state index in [1.165, 1.54) is 0 Å².